The lowest BCUT2D eigenvalue weighted by Crippen LogP contribution is -2.25. The molecule has 15 heavy (non-hydrogen) atoms. The molecule has 0 bridgehead atoms. The van der Waals surface area contributed by atoms with Crippen molar-refractivity contribution in [2.24, 2.45) is 35.5 Å². The van der Waals surface area contributed by atoms with Crippen molar-refractivity contribution in [1.29, 1.82) is 0 Å². The van der Waals surface area contributed by atoms with Crippen LogP contribution in [0.4, 0.5) is 0 Å². The first-order valence-corrected chi connectivity index (χ1v) is 7.15. The molecule has 0 heterocycles. The maximum atomic E-state index is 2.52. The van der Waals surface area contributed by atoms with Crippen molar-refractivity contribution >= 4 is 0 Å². The highest BCUT2D eigenvalue weighted by molar-refractivity contribution is 4.95. The van der Waals surface area contributed by atoms with E-state index in [1.165, 1.54) is 32.1 Å². The van der Waals surface area contributed by atoms with Gasteiger partial charge in [-0.05, 0) is 48.3 Å². The van der Waals surface area contributed by atoms with Gasteiger partial charge >= 0.3 is 0 Å². The third-order valence-corrected chi connectivity index (χ3v) is 5.57. The zero-order valence-corrected chi connectivity index (χ0v) is 11.0. The van der Waals surface area contributed by atoms with E-state index < -0.39 is 0 Å². The van der Waals surface area contributed by atoms with Crippen LogP contribution < -0.4 is 0 Å². The predicted octanol–water partition coefficient (Wildman–Crippen LogP) is 4.74. The van der Waals surface area contributed by atoms with Gasteiger partial charge in [0.15, 0.2) is 0 Å². The molecule has 0 aromatic carbocycles. The van der Waals surface area contributed by atoms with Crippen LogP contribution in [0.2, 0.25) is 0 Å². The second kappa shape index (κ2) is 4.47. The molecule has 6 unspecified atom stereocenters. The molecule has 2 rings (SSSR count). The number of fused-ring (bicyclic) bond motifs is 1. The van der Waals surface area contributed by atoms with Crippen LogP contribution in [0.15, 0.2) is 0 Å². The molecule has 88 valence electrons. The lowest BCUT2D eigenvalue weighted by molar-refractivity contribution is 0.162. The van der Waals surface area contributed by atoms with Crippen molar-refractivity contribution in [2.45, 2.75) is 59.8 Å². The Labute approximate surface area is 95.8 Å². The zero-order valence-electron chi connectivity index (χ0n) is 11.0. The summed E-state index contributed by atoms with van der Waals surface area (Å²) >= 11 is 0. The molecule has 0 saturated heterocycles. The fourth-order valence-electron chi connectivity index (χ4n) is 4.56. The Hall–Kier alpha value is 0. The average molecular weight is 208 g/mol. The van der Waals surface area contributed by atoms with Crippen molar-refractivity contribution < 1.29 is 0 Å². The number of hydrogen-bond acceptors (Lipinski definition) is 0. The molecule has 0 aromatic heterocycles. The molecule has 2 aliphatic rings. The molecule has 0 amide bonds. The molecular weight excluding hydrogens is 180 g/mol. The van der Waals surface area contributed by atoms with Crippen LogP contribution in [-0.2, 0) is 0 Å². The third kappa shape index (κ3) is 1.97. The number of hydrogen-bond donors (Lipinski definition) is 0. The van der Waals surface area contributed by atoms with E-state index in [2.05, 4.69) is 27.7 Å². The van der Waals surface area contributed by atoms with E-state index in [-0.39, 0.29) is 0 Å². The Morgan fingerprint density at radius 2 is 1.67 bits per heavy atom. The summed E-state index contributed by atoms with van der Waals surface area (Å²) in [4.78, 5) is 0. The smallest absolute Gasteiger partial charge is 0.0352 e. The maximum Gasteiger partial charge on any atom is -0.0352 e. The first-order valence-electron chi connectivity index (χ1n) is 7.15. The highest BCUT2D eigenvalue weighted by atomic mass is 14.5. The van der Waals surface area contributed by atoms with Crippen LogP contribution >= 0.6 is 0 Å². The molecule has 0 N–H and O–H groups in total. The first kappa shape index (κ1) is 11.5. The largest absolute Gasteiger partial charge is 0.0654 e. The monoisotopic (exact) mass is 208 g/mol. The average Bonchev–Trinajstić information content (AvgIpc) is 2.44. The summed E-state index contributed by atoms with van der Waals surface area (Å²) in [5.74, 6) is 6.20. The van der Waals surface area contributed by atoms with Crippen LogP contribution in [0.3, 0.4) is 0 Å². The Morgan fingerprint density at radius 3 is 2.33 bits per heavy atom. The van der Waals surface area contributed by atoms with Crippen LogP contribution in [-0.4, -0.2) is 0 Å². The molecule has 0 spiro atoms. The van der Waals surface area contributed by atoms with Crippen molar-refractivity contribution in [3.05, 3.63) is 0 Å². The minimum atomic E-state index is 0.991. The second-order valence-corrected chi connectivity index (χ2v) is 6.42. The van der Waals surface area contributed by atoms with Crippen molar-refractivity contribution in [3.8, 4) is 0 Å². The van der Waals surface area contributed by atoms with Gasteiger partial charge in [-0.3, -0.25) is 0 Å². The van der Waals surface area contributed by atoms with Gasteiger partial charge in [0.25, 0.3) is 0 Å². The van der Waals surface area contributed by atoms with E-state index in [0.717, 1.165) is 35.5 Å². The quantitative estimate of drug-likeness (QED) is 0.615. The van der Waals surface area contributed by atoms with E-state index in [1.807, 2.05) is 0 Å². The predicted molar refractivity (Wildman–Crippen MR) is 66.7 cm³/mol. The van der Waals surface area contributed by atoms with Crippen molar-refractivity contribution in [2.75, 3.05) is 0 Å². The fraction of sp³-hybridized carbons (Fsp3) is 1.00. The van der Waals surface area contributed by atoms with E-state index in [4.69, 9.17) is 0 Å². The molecule has 0 heteroatoms. The van der Waals surface area contributed by atoms with Gasteiger partial charge in [-0.25, -0.2) is 0 Å². The Bertz CT molecular complexity index is 198. The van der Waals surface area contributed by atoms with Crippen molar-refractivity contribution in [3.63, 3.8) is 0 Å². The highest BCUT2D eigenvalue weighted by Gasteiger charge is 2.46. The normalized spacial score (nSPS) is 50.4. The SMILES string of the molecule is CCCC1C(C)C(C)C2CC(C)CCC12. The molecule has 2 aliphatic carbocycles. The van der Waals surface area contributed by atoms with Gasteiger partial charge in [-0.1, -0.05) is 47.0 Å². The minimum absolute atomic E-state index is 0.991. The van der Waals surface area contributed by atoms with Gasteiger partial charge in [0, 0.05) is 0 Å². The van der Waals surface area contributed by atoms with Crippen molar-refractivity contribution in [1.82, 2.24) is 0 Å². The summed E-state index contributed by atoms with van der Waals surface area (Å²) in [6, 6.07) is 0. The Balaban J connectivity index is 2.09. The Kier molecular flexibility index (Phi) is 3.42. The molecule has 0 radical (unpaired) electrons. The number of rotatable bonds is 2. The van der Waals surface area contributed by atoms with Gasteiger partial charge in [0.1, 0.15) is 0 Å². The summed E-state index contributed by atoms with van der Waals surface area (Å²) < 4.78 is 0. The molecule has 0 aliphatic heterocycles. The van der Waals surface area contributed by atoms with Crippen LogP contribution in [0.1, 0.15) is 59.8 Å². The summed E-state index contributed by atoms with van der Waals surface area (Å²) in [6.45, 7) is 9.86. The molecule has 6 atom stereocenters. The topological polar surface area (TPSA) is 0 Å². The van der Waals surface area contributed by atoms with Gasteiger partial charge in [0.05, 0.1) is 0 Å². The zero-order chi connectivity index (χ0) is 11.0. The second-order valence-electron chi connectivity index (χ2n) is 6.42. The first-order chi connectivity index (χ1) is 7.15. The van der Waals surface area contributed by atoms with Crippen LogP contribution in [0.25, 0.3) is 0 Å². The third-order valence-electron chi connectivity index (χ3n) is 5.57. The molecule has 2 fully saturated rings. The van der Waals surface area contributed by atoms with Gasteiger partial charge in [0.2, 0.25) is 0 Å². The van der Waals surface area contributed by atoms with Crippen LogP contribution in [0.5, 0.6) is 0 Å². The lowest BCUT2D eigenvalue weighted by Gasteiger charge is -2.34. The Morgan fingerprint density at radius 1 is 0.933 bits per heavy atom. The summed E-state index contributed by atoms with van der Waals surface area (Å²) in [5.41, 5.74) is 0. The summed E-state index contributed by atoms with van der Waals surface area (Å²) in [5, 5.41) is 0. The molecule has 0 aromatic rings. The van der Waals surface area contributed by atoms with Gasteiger partial charge < -0.3 is 0 Å². The van der Waals surface area contributed by atoms with E-state index >= 15 is 0 Å². The standard InChI is InChI=1S/C15H28/c1-5-6-13-11(3)12(4)15-9-10(2)7-8-14(13)15/h10-15H,5-9H2,1-4H3. The van der Waals surface area contributed by atoms with Gasteiger partial charge in [-0.15, -0.1) is 0 Å². The fourth-order valence-corrected chi connectivity index (χ4v) is 4.56. The van der Waals surface area contributed by atoms with E-state index in [0.29, 0.717) is 0 Å². The summed E-state index contributed by atoms with van der Waals surface area (Å²) in [6.07, 6.45) is 7.43. The molecule has 0 nitrogen and oxygen atoms in total. The van der Waals surface area contributed by atoms with Gasteiger partial charge in [-0.2, -0.15) is 0 Å². The maximum absolute atomic E-state index is 2.52. The molecule has 2 saturated carbocycles. The highest BCUT2D eigenvalue weighted by Crippen LogP contribution is 2.54. The van der Waals surface area contributed by atoms with E-state index in [9.17, 15) is 0 Å². The summed E-state index contributed by atoms with van der Waals surface area (Å²) in [7, 11) is 0. The van der Waals surface area contributed by atoms with Crippen LogP contribution in [0, 0.1) is 35.5 Å². The minimum Gasteiger partial charge on any atom is -0.0654 e. The van der Waals surface area contributed by atoms with E-state index in [1.54, 1.807) is 0 Å². The lowest BCUT2D eigenvalue weighted by atomic mass is 9.72. The molecular formula is C15H28.